The minimum absolute atomic E-state index is 0.0343. The quantitative estimate of drug-likeness (QED) is 0.518. The average molecular weight is 470 g/mol. The molecule has 8 heteroatoms. The van der Waals surface area contributed by atoms with Crippen LogP contribution in [0.3, 0.4) is 0 Å². The van der Waals surface area contributed by atoms with E-state index in [9.17, 15) is 15.3 Å². The van der Waals surface area contributed by atoms with Crippen LogP contribution in [0.25, 0.3) is 0 Å². The first-order valence-corrected chi connectivity index (χ1v) is 12.7. The SMILES string of the molecule is CCN1CC2(CO)CCC(OC)C3(C1)C1CC4C(OC)CC(O)(C(O)C(OC)C23)C1C4OC. The Balaban J connectivity index is 1.78. The highest BCUT2D eigenvalue weighted by Crippen LogP contribution is 2.70. The first-order valence-electron chi connectivity index (χ1n) is 12.7. The molecule has 1 heterocycles. The molecule has 4 aliphatic carbocycles. The number of hydrogen-bond acceptors (Lipinski definition) is 8. The van der Waals surface area contributed by atoms with Crippen LogP contribution in [-0.4, -0.2) is 111 Å². The van der Waals surface area contributed by atoms with Crippen LogP contribution >= 0.6 is 0 Å². The Morgan fingerprint density at radius 3 is 2.30 bits per heavy atom. The molecule has 190 valence electrons. The molecule has 0 spiro atoms. The van der Waals surface area contributed by atoms with Crippen molar-refractivity contribution < 1.29 is 34.3 Å². The second kappa shape index (κ2) is 8.37. The molecule has 5 aliphatic rings. The topological polar surface area (TPSA) is 101 Å². The van der Waals surface area contributed by atoms with Crippen molar-refractivity contribution in [1.82, 2.24) is 4.90 Å². The molecule has 0 aromatic carbocycles. The number of rotatable bonds is 6. The van der Waals surface area contributed by atoms with Gasteiger partial charge in [-0.1, -0.05) is 6.92 Å². The van der Waals surface area contributed by atoms with Crippen molar-refractivity contribution in [1.29, 1.82) is 0 Å². The van der Waals surface area contributed by atoms with Gasteiger partial charge in [0.15, 0.2) is 0 Å². The Hall–Kier alpha value is -0.320. The third-order valence-corrected chi connectivity index (χ3v) is 10.8. The Morgan fingerprint density at radius 2 is 1.73 bits per heavy atom. The van der Waals surface area contributed by atoms with Crippen molar-refractivity contribution in [3.8, 4) is 0 Å². The molecule has 8 nitrogen and oxygen atoms in total. The second-order valence-electron chi connectivity index (χ2n) is 11.5. The van der Waals surface area contributed by atoms with E-state index in [2.05, 4.69) is 11.8 Å². The molecule has 33 heavy (non-hydrogen) atoms. The maximum Gasteiger partial charge on any atom is 0.110 e. The summed E-state index contributed by atoms with van der Waals surface area (Å²) in [4.78, 5) is 2.44. The molecule has 4 bridgehead atoms. The Labute approximate surface area is 197 Å². The summed E-state index contributed by atoms with van der Waals surface area (Å²) in [6, 6.07) is 0. The number of ether oxygens (including phenoxy) is 4. The summed E-state index contributed by atoms with van der Waals surface area (Å²) in [7, 11) is 6.82. The molecule has 0 aromatic rings. The maximum absolute atomic E-state index is 12.3. The van der Waals surface area contributed by atoms with E-state index in [1.54, 1.807) is 28.4 Å². The van der Waals surface area contributed by atoms with Crippen LogP contribution in [0.15, 0.2) is 0 Å². The maximum atomic E-state index is 12.3. The zero-order valence-electron chi connectivity index (χ0n) is 20.8. The van der Waals surface area contributed by atoms with Gasteiger partial charge in [0, 0.05) is 76.5 Å². The third kappa shape index (κ3) is 2.92. The lowest BCUT2D eigenvalue weighted by molar-refractivity contribution is -0.256. The van der Waals surface area contributed by atoms with Gasteiger partial charge < -0.3 is 39.2 Å². The van der Waals surface area contributed by atoms with Crippen molar-refractivity contribution in [2.45, 2.75) is 68.7 Å². The molecule has 0 aromatic heterocycles. The molecular weight excluding hydrogens is 426 g/mol. The van der Waals surface area contributed by atoms with Gasteiger partial charge in [-0.2, -0.15) is 0 Å². The van der Waals surface area contributed by atoms with Crippen molar-refractivity contribution in [3.05, 3.63) is 0 Å². The number of hydrogen-bond donors (Lipinski definition) is 3. The monoisotopic (exact) mass is 469 g/mol. The molecule has 0 radical (unpaired) electrons. The van der Waals surface area contributed by atoms with Crippen LogP contribution in [0.5, 0.6) is 0 Å². The minimum atomic E-state index is -1.40. The van der Waals surface area contributed by atoms with E-state index in [0.29, 0.717) is 6.42 Å². The van der Waals surface area contributed by atoms with E-state index in [4.69, 9.17) is 18.9 Å². The Morgan fingerprint density at radius 1 is 1.00 bits per heavy atom. The summed E-state index contributed by atoms with van der Waals surface area (Å²) in [5, 5.41) is 35.2. The molecule has 12 unspecified atom stereocenters. The summed E-state index contributed by atoms with van der Waals surface area (Å²) in [5.74, 6) is -0.173. The highest BCUT2D eigenvalue weighted by molar-refractivity contribution is 5.26. The predicted octanol–water partition coefficient (Wildman–Crippen LogP) is 0.519. The number of fused-ring (bicyclic) bond motifs is 1. The molecule has 1 aliphatic heterocycles. The van der Waals surface area contributed by atoms with E-state index < -0.39 is 23.2 Å². The molecule has 1 saturated heterocycles. The van der Waals surface area contributed by atoms with Gasteiger partial charge in [-0.25, -0.2) is 0 Å². The first-order chi connectivity index (χ1) is 15.8. The van der Waals surface area contributed by atoms with E-state index in [1.165, 1.54) is 0 Å². The van der Waals surface area contributed by atoms with Gasteiger partial charge in [-0.05, 0) is 31.7 Å². The summed E-state index contributed by atoms with van der Waals surface area (Å²) in [5.41, 5.74) is -2.19. The van der Waals surface area contributed by atoms with Gasteiger partial charge in [0.1, 0.15) is 11.7 Å². The third-order valence-electron chi connectivity index (χ3n) is 10.8. The van der Waals surface area contributed by atoms with Crippen LogP contribution in [0.2, 0.25) is 0 Å². The predicted molar refractivity (Wildman–Crippen MR) is 121 cm³/mol. The lowest BCUT2D eigenvalue weighted by Crippen LogP contribution is -2.72. The lowest BCUT2D eigenvalue weighted by atomic mass is 9.45. The standard InChI is InChI=1S/C25H43NO7/c1-6-26-11-23(13-27)8-7-17(31-3)24(12-26)15-9-14-16(30-2)10-25(29,18(15)19(14)32-4)22(28)20(33-5)21(23)24/h14-22,27-29H,6-13H2,1-5H3. The van der Waals surface area contributed by atoms with Crippen LogP contribution < -0.4 is 0 Å². The van der Waals surface area contributed by atoms with Gasteiger partial charge in [-0.15, -0.1) is 0 Å². The Bertz CT molecular complexity index is 740. The van der Waals surface area contributed by atoms with Crippen molar-refractivity contribution in [2.24, 2.45) is 34.5 Å². The highest BCUT2D eigenvalue weighted by Gasteiger charge is 2.77. The van der Waals surface area contributed by atoms with Crippen LogP contribution in [0, 0.1) is 34.5 Å². The first kappa shape index (κ1) is 24.4. The van der Waals surface area contributed by atoms with E-state index in [1.807, 2.05) is 0 Å². The van der Waals surface area contributed by atoms with Crippen LogP contribution in [-0.2, 0) is 18.9 Å². The van der Waals surface area contributed by atoms with Gasteiger partial charge in [0.25, 0.3) is 0 Å². The largest absolute Gasteiger partial charge is 0.396 e. The van der Waals surface area contributed by atoms with Crippen LogP contribution in [0.1, 0.15) is 32.6 Å². The van der Waals surface area contributed by atoms with Crippen molar-refractivity contribution in [2.75, 3.05) is 54.7 Å². The Kier molecular flexibility index (Phi) is 6.18. The van der Waals surface area contributed by atoms with E-state index >= 15 is 0 Å². The van der Waals surface area contributed by atoms with Gasteiger partial charge in [0.05, 0.1) is 31.0 Å². The van der Waals surface area contributed by atoms with Crippen LogP contribution in [0.4, 0.5) is 0 Å². The van der Waals surface area contributed by atoms with Gasteiger partial charge >= 0.3 is 0 Å². The number of aliphatic hydroxyl groups excluding tert-OH is 2. The van der Waals surface area contributed by atoms with E-state index in [0.717, 1.165) is 38.9 Å². The smallest absolute Gasteiger partial charge is 0.110 e. The number of piperidine rings is 1. The average Bonchev–Trinajstić information content (AvgIpc) is 3.14. The highest BCUT2D eigenvalue weighted by atomic mass is 16.5. The van der Waals surface area contributed by atoms with Gasteiger partial charge in [-0.3, -0.25) is 0 Å². The summed E-state index contributed by atoms with van der Waals surface area (Å²) >= 11 is 0. The summed E-state index contributed by atoms with van der Waals surface area (Å²) in [6.45, 7) is 4.66. The summed E-state index contributed by atoms with van der Waals surface area (Å²) in [6.07, 6.45) is 0.704. The van der Waals surface area contributed by atoms with Gasteiger partial charge in [0.2, 0.25) is 0 Å². The number of likely N-dealkylation sites (tertiary alicyclic amines) is 1. The molecule has 3 N–H and O–H groups in total. The lowest BCUT2D eigenvalue weighted by Gasteiger charge is -2.66. The fourth-order valence-electron chi connectivity index (χ4n) is 9.77. The molecule has 0 amide bonds. The fraction of sp³-hybridized carbons (Fsp3) is 1.00. The van der Waals surface area contributed by atoms with E-state index in [-0.39, 0.29) is 54.0 Å². The van der Waals surface area contributed by atoms with Crippen molar-refractivity contribution in [3.63, 3.8) is 0 Å². The normalized spacial score (nSPS) is 55.8. The molecule has 12 atom stereocenters. The number of methoxy groups -OCH3 is 4. The number of nitrogens with zero attached hydrogens (tertiary/aromatic N) is 1. The summed E-state index contributed by atoms with van der Waals surface area (Å²) < 4.78 is 24.3. The molecule has 5 rings (SSSR count). The molecule has 4 saturated carbocycles. The zero-order chi connectivity index (χ0) is 23.8. The van der Waals surface area contributed by atoms with Crippen molar-refractivity contribution >= 4 is 0 Å². The molecule has 5 fully saturated rings. The second-order valence-corrected chi connectivity index (χ2v) is 11.5. The zero-order valence-corrected chi connectivity index (χ0v) is 20.8. The number of aliphatic hydroxyl groups is 3. The fourth-order valence-corrected chi connectivity index (χ4v) is 9.77. The minimum Gasteiger partial charge on any atom is -0.396 e. The molecular formula is C25H43NO7.